The van der Waals surface area contributed by atoms with Gasteiger partial charge in [-0.1, -0.05) is 52.0 Å². The van der Waals surface area contributed by atoms with Crippen LogP contribution in [0.25, 0.3) is 0 Å². The van der Waals surface area contributed by atoms with Crippen molar-refractivity contribution in [3.63, 3.8) is 0 Å². The van der Waals surface area contributed by atoms with E-state index >= 15 is 0 Å². The fourth-order valence-electron chi connectivity index (χ4n) is 5.47. The minimum atomic E-state index is 0.105. The summed E-state index contributed by atoms with van der Waals surface area (Å²) in [4.78, 5) is 0. The van der Waals surface area contributed by atoms with Gasteiger partial charge >= 0.3 is 0 Å². The van der Waals surface area contributed by atoms with Gasteiger partial charge in [0.25, 0.3) is 0 Å². The molecule has 0 nitrogen and oxygen atoms in total. The lowest BCUT2D eigenvalue weighted by atomic mass is 9.95. The van der Waals surface area contributed by atoms with E-state index < -0.39 is 0 Å². The Morgan fingerprint density at radius 2 is 1.25 bits per heavy atom. The third-order valence-corrected chi connectivity index (χ3v) is 11.7. The molecule has 0 aromatic carbocycles. The maximum atomic E-state index is 2.69. The first-order chi connectivity index (χ1) is 11.5. The summed E-state index contributed by atoms with van der Waals surface area (Å²) in [5, 5.41) is 1.36. The highest BCUT2D eigenvalue weighted by Crippen LogP contribution is 2.82. The highest BCUT2D eigenvalue weighted by atomic mass is 31.1. The summed E-state index contributed by atoms with van der Waals surface area (Å²) in [6.45, 7) is 7.50. The van der Waals surface area contributed by atoms with Gasteiger partial charge in [0.05, 0.1) is 0 Å². The number of rotatable bonds is 5. The average molecular weight is 345 g/mol. The van der Waals surface area contributed by atoms with Crippen molar-refractivity contribution >= 4 is 7.92 Å². The van der Waals surface area contributed by atoms with Crippen LogP contribution in [0.5, 0.6) is 0 Å². The minimum absolute atomic E-state index is 0.105. The van der Waals surface area contributed by atoms with E-state index in [-0.39, 0.29) is 7.92 Å². The molecule has 1 heteroatoms. The van der Waals surface area contributed by atoms with Crippen molar-refractivity contribution in [2.24, 2.45) is 5.41 Å². The van der Waals surface area contributed by atoms with Gasteiger partial charge in [0, 0.05) is 10.3 Å². The van der Waals surface area contributed by atoms with Gasteiger partial charge in [-0.05, 0) is 88.6 Å². The molecule has 4 aliphatic rings. The van der Waals surface area contributed by atoms with Crippen molar-refractivity contribution < 1.29 is 0 Å². The lowest BCUT2D eigenvalue weighted by molar-refractivity contribution is 0.473. The van der Waals surface area contributed by atoms with Crippen molar-refractivity contribution in [3.05, 3.63) is 23.3 Å². The Kier molecular flexibility index (Phi) is 4.52. The summed E-state index contributed by atoms with van der Waals surface area (Å²) in [5.74, 6) is 0. The zero-order chi connectivity index (χ0) is 16.8. The molecule has 4 aliphatic carbocycles. The molecule has 0 atom stereocenters. The Hall–Kier alpha value is -0.0900. The molecule has 134 valence electrons. The van der Waals surface area contributed by atoms with Crippen LogP contribution in [0.2, 0.25) is 0 Å². The quantitative estimate of drug-likeness (QED) is 0.356. The molecule has 0 amide bonds. The average Bonchev–Trinajstić information content (AvgIpc) is 3.48. The van der Waals surface area contributed by atoms with E-state index in [1.807, 2.05) is 11.1 Å². The summed E-state index contributed by atoms with van der Waals surface area (Å²) >= 11 is 0. The lowest BCUT2D eigenvalue weighted by Gasteiger charge is -2.43. The van der Waals surface area contributed by atoms with Crippen LogP contribution in [0.3, 0.4) is 0 Å². The van der Waals surface area contributed by atoms with Crippen LogP contribution in [-0.4, -0.2) is 16.5 Å². The second-order valence-electron chi connectivity index (χ2n) is 10.2. The molecule has 0 N–H and O–H groups in total. The largest absolute Gasteiger partial charge is 0.0850 e. The zero-order valence-electron chi connectivity index (χ0n) is 16.3. The normalized spacial score (nSPS) is 28.3. The van der Waals surface area contributed by atoms with E-state index in [2.05, 4.69) is 32.9 Å². The maximum Gasteiger partial charge on any atom is 0.0122 e. The van der Waals surface area contributed by atoms with Crippen LogP contribution in [0.4, 0.5) is 0 Å². The minimum Gasteiger partial charge on any atom is -0.0850 e. The zero-order valence-corrected chi connectivity index (χ0v) is 17.2. The molecule has 0 aromatic rings. The monoisotopic (exact) mass is 344 g/mol. The Labute approximate surface area is 151 Å². The molecule has 0 saturated heterocycles. The van der Waals surface area contributed by atoms with Crippen LogP contribution in [0, 0.1) is 5.41 Å². The molecule has 24 heavy (non-hydrogen) atoms. The highest BCUT2D eigenvalue weighted by molar-refractivity contribution is 7.62. The summed E-state index contributed by atoms with van der Waals surface area (Å²) in [5.41, 5.74) is 4.33. The first kappa shape index (κ1) is 17.3. The van der Waals surface area contributed by atoms with E-state index in [4.69, 9.17) is 0 Å². The Morgan fingerprint density at radius 3 is 1.54 bits per heavy atom. The predicted octanol–water partition coefficient (Wildman–Crippen LogP) is 7.58. The van der Waals surface area contributed by atoms with Gasteiger partial charge < -0.3 is 0 Å². The third kappa shape index (κ3) is 3.18. The van der Waals surface area contributed by atoms with Crippen molar-refractivity contribution in [3.8, 4) is 0 Å². The van der Waals surface area contributed by atoms with Crippen LogP contribution in [0.1, 0.15) is 97.8 Å². The summed E-state index contributed by atoms with van der Waals surface area (Å²) in [7, 11) is 0.105. The van der Waals surface area contributed by atoms with Crippen LogP contribution in [0.15, 0.2) is 23.3 Å². The van der Waals surface area contributed by atoms with Gasteiger partial charge in [0.2, 0.25) is 0 Å². The van der Waals surface area contributed by atoms with Crippen molar-refractivity contribution in [1.29, 1.82) is 0 Å². The molecule has 2 fully saturated rings. The third-order valence-electron chi connectivity index (χ3n) is 6.89. The lowest BCUT2D eigenvalue weighted by Crippen LogP contribution is -2.29. The molecular formula is C23H37P. The molecule has 0 radical (unpaired) electrons. The number of allylic oxidation sites excluding steroid dienone is 4. The summed E-state index contributed by atoms with van der Waals surface area (Å²) < 4.78 is 0. The van der Waals surface area contributed by atoms with Crippen LogP contribution < -0.4 is 0 Å². The van der Waals surface area contributed by atoms with Crippen LogP contribution >= 0.6 is 7.92 Å². The molecule has 4 rings (SSSR count). The van der Waals surface area contributed by atoms with E-state index in [0.29, 0.717) is 15.7 Å². The van der Waals surface area contributed by atoms with Gasteiger partial charge in [0.1, 0.15) is 0 Å². The Morgan fingerprint density at radius 1 is 0.792 bits per heavy atom. The molecule has 0 bridgehead atoms. The van der Waals surface area contributed by atoms with E-state index in [9.17, 15) is 0 Å². The van der Waals surface area contributed by atoms with Crippen molar-refractivity contribution in [2.45, 2.75) is 108 Å². The Bertz CT molecular complexity index is 495. The molecule has 0 aromatic heterocycles. The SMILES string of the molecule is CC(C)(C)CP(C1(C2=CCCCC2)CC1)C1(C2=CCCCC2)CC1. The number of hydrogen-bond acceptors (Lipinski definition) is 0. The topological polar surface area (TPSA) is 0 Å². The fourth-order valence-corrected chi connectivity index (χ4v) is 10.3. The predicted molar refractivity (Wildman–Crippen MR) is 108 cm³/mol. The van der Waals surface area contributed by atoms with Crippen molar-refractivity contribution in [2.75, 3.05) is 6.16 Å². The smallest absolute Gasteiger partial charge is 0.0122 e. The molecule has 0 heterocycles. The molecule has 0 unspecified atom stereocenters. The molecule has 0 aliphatic heterocycles. The highest BCUT2D eigenvalue weighted by Gasteiger charge is 2.63. The fraction of sp³-hybridized carbons (Fsp3) is 0.826. The second-order valence-corrected chi connectivity index (χ2v) is 13.0. The molecule has 2 saturated carbocycles. The maximum absolute atomic E-state index is 2.69. The van der Waals surface area contributed by atoms with Crippen molar-refractivity contribution in [1.82, 2.24) is 0 Å². The van der Waals surface area contributed by atoms with Gasteiger partial charge in [0.15, 0.2) is 0 Å². The summed E-state index contributed by atoms with van der Waals surface area (Å²) in [6, 6.07) is 0. The van der Waals surface area contributed by atoms with E-state index in [0.717, 1.165) is 0 Å². The second kappa shape index (κ2) is 6.26. The molecular weight excluding hydrogens is 307 g/mol. The van der Waals surface area contributed by atoms with E-state index in [1.54, 1.807) is 0 Å². The first-order valence-electron chi connectivity index (χ1n) is 10.6. The Balaban J connectivity index is 1.68. The standard InChI is InChI=1S/C23H37P/c1-21(2,3)18-24(22(14-15-22)19-10-6-4-7-11-19)23(16-17-23)20-12-8-5-9-13-20/h10,12H,4-9,11,13-18H2,1-3H3. The summed E-state index contributed by atoms with van der Waals surface area (Å²) in [6.07, 6.45) is 24.4. The van der Waals surface area contributed by atoms with E-state index in [1.165, 1.54) is 83.2 Å². The first-order valence-corrected chi connectivity index (χ1v) is 12.2. The van der Waals surface area contributed by atoms with Gasteiger partial charge in [-0.3, -0.25) is 0 Å². The van der Waals surface area contributed by atoms with Gasteiger partial charge in [-0.2, -0.15) is 0 Å². The van der Waals surface area contributed by atoms with Gasteiger partial charge in [-0.25, -0.2) is 0 Å². The number of hydrogen-bond donors (Lipinski definition) is 0. The van der Waals surface area contributed by atoms with Crippen LogP contribution in [-0.2, 0) is 0 Å². The van der Waals surface area contributed by atoms with Gasteiger partial charge in [-0.15, -0.1) is 0 Å². The molecule has 0 spiro atoms.